The Bertz CT molecular complexity index is 1080. The van der Waals surface area contributed by atoms with Crippen molar-refractivity contribution in [2.45, 2.75) is 25.8 Å². The molecule has 0 atom stereocenters. The lowest BCUT2D eigenvalue weighted by atomic mass is 10.1. The van der Waals surface area contributed by atoms with E-state index in [0.717, 1.165) is 52.8 Å². The number of halogens is 1. The molecule has 27 heavy (non-hydrogen) atoms. The summed E-state index contributed by atoms with van der Waals surface area (Å²) in [7, 11) is 1.62. The summed E-state index contributed by atoms with van der Waals surface area (Å²) in [5.74, 6) is -0.285. The van der Waals surface area contributed by atoms with Crippen LogP contribution in [0, 0.1) is 11.3 Å². The van der Waals surface area contributed by atoms with Crippen molar-refractivity contribution in [3.8, 4) is 11.8 Å². The predicted molar refractivity (Wildman–Crippen MR) is 107 cm³/mol. The number of nitrogens with zero attached hydrogens (tertiary/aromatic N) is 2. The molecule has 3 rings (SSSR count). The highest BCUT2D eigenvalue weighted by molar-refractivity contribution is 6.32. The molecule has 0 aliphatic rings. The van der Waals surface area contributed by atoms with Crippen molar-refractivity contribution >= 4 is 45.5 Å². The molecule has 6 heteroatoms. The molecule has 0 aliphatic carbocycles. The van der Waals surface area contributed by atoms with Gasteiger partial charge in [0.25, 0.3) is 0 Å². The molecule has 0 fully saturated rings. The minimum absolute atomic E-state index is 0.522. The lowest BCUT2D eigenvalue weighted by Crippen LogP contribution is -1.98. The van der Waals surface area contributed by atoms with Crippen molar-refractivity contribution in [1.29, 1.82) is 5.26 Å². The third kappa shape index (κ3) is 3.91. The molecule has 0 unspecified atom stereocenters. The van der Waals surface area contributed by atoms with Gasteiger partial charge in [0.05, 0.1) is 18.7 Å². The van der Waals surface area contributed by atoms with Gasteiger partial charge >= 0.3 is 5.97 Å². The molecule has 0 spiro atoms. The topological polar surface area (TPSA) is 75.2 Å². The van der Waals surface area contributed by atoms with E-state index in [0.29, 0.717) is 17.2 Å². The fraction of sp³-hybridized carbons (Fsp3) is 0.238. The second kappa shape index (κ2) is 8.15. The molecular formula is C21H19ClN2O3. The molecule has 0 amide bonds. The molecule has 1 N–H and O–H groups in total. The van der Waals surface area contributed by atoms with E-state index in [2.05, 4.69) is 10.6 Å². The summed E-state index contributed by atoms with van der Waals surface area (Å²) in [6, 6.07) is 11.7. The van der Waals surface area contributed by atoms with Gasteiger partial charge in [-0.25, -0.2) is 4.79 Å². The highest BCUT2D eigenvalue weighted by atomic mass is 35.5. The Morgan fingerprint density at radius 1 is 1.30 bits per heavy atom. The summed E-state index contributed by atoms with van der Waals surface area (Å²) < 4.78 is 7.71. The van der Waals surface area contributed by atoms with Crippen LogP contribution in [0.25, 0.3) is 27.9 Å². The largest absolute Gasteiger partial charge is 0.496 e. The molecule has 0 aliphatic heterocycles. The van der Waals surface area contributed by atoms with Crippen molar-refractivity contribution in [2.24, 2.45) is 0 Å². The lowest BCUT2D eigenvalue weighted by Gasteiger charge is -2.08. The molecule has 2 aromatic carbocycles. The first-order valence-corrected chi connectivity index (χ1v) is 9.00. The van der Waals surface area contributed by atoms with E-state index in [4.69, 9.17) is 26.7 Å². The van der Waals surface area contributed by atoms with Crippen molar-refractivity contribution < 1.29 is 14.6 Å². The number of aliphatic carboxylic acids is 1. The van der Waals surface area contributed by atoms with Crippen LogP contribution in [0.2, 0.25) is 5.02 Å². The molecule has 0 bridgehead atoms. The van der Waals surface area contributed by atoms with Crippen LogP contribution in [0.5, 0.6) is 5.75 Å². The van der Waals surface area contributed by atoms with Crippen LogP contribution in [-0.2, 0) is 11.3 Å². The van der Waals surface area contributed by atoms with Gasteiger partial charge in [-0.3, -0.25) is 0 Å². The number of carboxylic acids is 1. The Morgan fingerprint density at radius 2 is 2.11 bits per heavy atom. The minimum atomic E-state index is -0.986. The zero-order valence-corrected chi connectivity index (χ0v) is 15.7. The first-order valence-electron chi connectivity index (χ1n) is 8.62. The highest BCUT2D eigenvalue weighted by Gasteiger charge is 2.16. The van der Waals surface area contributed by atoms with Gasteiger partial charge in [0.1, 0.15) is 5.75 Å². The maximum atomic E-state index is 10.8. The van der Waals surface area contributed by atoms with Gasteiger partial charge < -0.3 is 14.4 Å². The lowest BCUT2D eigenvalue weighted by molar-refractivity contribution is -0.131. The van der Waals surface area contributed by atoms with Crippen LogP contribution in [0.3, 0.4) is 0 Å². The summed E-state index contributed by atoms with van der Waals surface area (Å²) in [6.07, 6.45) is 4.89. The van der Waals surface area contributed by atoms with Crippen molar-refractivity contribution in [1.82, 2.24) is 4.57 Å². The van der Waals surface area contributed by atoms with Gasteiger partial charge in [-0.1, -0.05) is 23.7 Å². The number of carbonyl (C=O) groups is 1. The van der Waals surface area contributed by atoms with E-state index in [1.807, 2.05) is 24.3 Å². The summed E-state index contributed by atoms with van der Waals surface area (Å²) in [5, 5.41) is 20.2. The number of unbranched alkanes of at least 4 members (excludes halogenated alkanes) is 2. The quantitative estimate of drug-likeness (QED) is 0.447. The molecule has 1 aromatic heterocycles. The number of ether oxygens (including phenoxy) is 1. The fourth-order valence-electron chi connectivity index (χ4n) is 3.31. The van der Waals surface area contributed by atoms with E-state index in [1.165, 1.54) is 0 Å². The van der Waals surface area contributed by atoms with Crippen LogP contribution in [-0.4, -0.2) is 22.8 Å². The maximum Gasteiger partial charge on any atom is 0.328 e. The van der Waals surface area contributed by atoms with E-state index >= 15 is 0 Å². The zero-order chi connectivity index (χ0) is 19.4. The Morgan fingerprint density at radius 3 is 2.81 bits per heavy atom. The normalized spacial score (nSPS) is 11.3. The number of fused-ring (bicyclic) bond motifs is 3. The molecule has 3 aromatic rings. The number of hydrogen-bond acceptors (Lipinski definition) is 3. The Labute approximate surface area is 162 Å². The molecular weight excluding hydrogens is 364 g/mol. The number of aryl methyl sites for hydroxylation is 1. The number of methoxy groups -OCH3 is 1. The summed E-state index contributed by atoms with van der Waals surface area (Å²) in [5.41, 5.74) is 2.75. The highest BCUT2D eigenvalue weighted by Crippen LogP contribution is 2.38. The second-order valence-electron chi connectivity index (χ2n) is 6.22. The number of nitriles is 1. The third-order valence-corrected chi connectivity index (χ3v) is 4.70. The van der Waals surface area contributed by atoms with Gasteiger partial charge in [-0.15, -0.1) is 0 Å². The fourth-order valence-corrected chi connectivity index (χ4v) is 3.51. The average Bonchev–Trinajstić information content (AvgIpc) is 2.95. The van der Waals surface area contributed by atoms with Crippen molar-refractivity contribution in [2.75, 3.05) is 7.11 Å². The smallest absolute Gasteiger partial charge is 0.328 e. The SMILES string of the molecule is COc1cc(Cl)cc2c1c1ccc(/C=C/C(=O)O)cc1n2CCCCC#N. The molecule has 0 radical (unpaired) electrons. The minimum Gasteiger partial charge on any atom is -0.496 e. The van der Waals surface area contributed by atoms with Crippen molar-refractivity contribution in [3.05, 3.63) is 47.0 Å². The summed E-state index contributed by atoms with van der Waals surface area (Å²) in [6.45, 7) is 0.733. The summed E-state index contributed by atoms with van der Waals surface area (Å²) >= 11 is 6.29. The molecule has 5 nitrogen and oxygen atoms in total. The van der Waals surface area contributed by atoms with Crippen LogP contribution in [0.1, 0.15) is 24.8 Å². The Balaban J connectivity index is 2.21. The van der Waals surface area contributed by atoms with Crippen LogP contribution in [0.4, 0.5) is 0 Å². The molecule has 1 heterocycles. The molecule has 0 saturated carbocycles. The first-order chi connectivity index (χ1) is 13.0. The van der Waals surface area contributed by atoms with Crippen molar-refractivity contribution in [3.63, 3.8) is 0 Å². The first kappa shape index (κ1) is 18.8. The number of benzene rings is 2. The molecule has 0 saturated heterocycles. The average molecular weight is 383 g/mol. The Hall–Kier alpha value is -2.97. The van der Waals surface area contributed by atoms with E-state index in [-0.39, 0.29) is 0 Å². The van der Waals surface area contributed by atoms with Crippen LogP contribution < -0.4 is 4.74 Å². The zero-order valence-electron chi connectivity index (χ0n) is 14.9. The van der Waals surface area contributed by atoms with E-state index in [1.54, 1.807) is 19.3 Å². The third-order valence-electron chi connectivity index (χ3n) is 4.48. The number of rotatable bonds is 7. The molecule has 138 valence electrons. The maximum absolute atomic E-state index is 10.8. The standard InChI is InChI=1S/C21H19ClN2O3/c1-27-19-13-15(22)12-18-21(19)16-7-5-14(6-8-20(25)26)11-17(16)24(18)10-4-2-3-9-23/h5-8,11-13H,2-4,10H2,1H3,(H,25,26)/b8-6+. The van der Waals surface area contributed by atoms with Crippen LogP contribution >= 0.6 is 11.6 Å². The van der Waals surface area contributed by atoms with Crippen LogP contribution in [0.15, 0.2) is 36.4 Å². The van der Waals surface area contributed by atoms with Gasteiger partial charge in [0, 0.05) is 40.4 Å². The predicted octanol–water partition coefficient (Wildman–Crippen LogP) is 5.25. The summed E-state index contributed by atoms with van der Waals surface area (Å²) in [4.78, 5) is 10.8. The van der Waals surface area contributed by atoms with Gasteiger partial charge in [0.15, 0.2) is 0 Å². The number of aromatic nitrogens is 1. The second-order valence-corrected chi connectivity index (χ2v) is 6.65. The Kier molecular flexibility index (Phi) is 5.68. The van der Waals surface area contributed by atoms with E-state index < -0.39 is 5.97 Å². The van der Waals surface area contributed by atoms with Gasteiger partial charge in [-0.05, 0) is 42.7 Å². The van der Waals surface area contributed by atoms with E-state index in [9.17, 15) is 4.79 Å². The number of hydrogen-bond donors (Lipinski definition) is 1. The monoisotopic (exact) mass is 382 g/mol. The van der Waals surface area contributed by atoms with Gasteiger partial charge in [-0.2, -0.15) is 5.26 Å². The van der Waals surface area contributed by atoms with Gasteiger partial charge in [0.2, 0.25) is 0 Å². The number of carboxylic acid groups (broad SMARTS) is 1.